The van der Waals surface area contributed by atoms with E-state index in [4.69, 9.17) is 11.0 Å². The summed E-state index contributed by atoms with van der Waals surface area (Å²) in [6, 6.07) is 10.1. The molecule has 0 aromatic heterocycles. The van der Waals surface area contributed by atoms with Crippen molar-refractivity contribution in [3.63, 3.8) is 0 Å². The highest BCUT2D eigenvalue weighted by atomic mass is 15.1. The number of piperidine rings is 1. The fourth-order valence-electron chi connectivity index (χ4n) is 1.99. The van der Waals surface area contributed by atoms with E-state index in [0.717, 1.165) is 25.9 Å². The summed E-state index contributed by atoms with van der Waals surface area (Å²) < 4.78 is 0. The first kappa shape index (κ1) is 10.0. The van der Waals surface area contributed by atoms with Crippen LogP contribution in [0.2, 0.25) is 0 Å². The van der Waals surface area contributed by atoms with E-state index in [1.54, 1.807) is 0 Å². The lowest BCUT2D eigenvalue weighted by Gasteiger charge is -2.32. The molecule has 0 bridgehead atoms. The average molecular weight is 201 g/mol. The molecular weight excluding hydrogens is 186 g/mol. The lowest BCUT2D eigenvalue weighted by molar-refractivity contribution is 0.506. The van der Waals surface area contributed by atoms with Gasteiger partial charge in [-0.05, 0) is 37.1 Å². The van der Waals surface area contributed by atoms with Gasteiger partial charge in [0.25, 0.3) is 0 Å². The molecule has 0 unspecified atom stereocenters. The van der Waals surface area contributed by atoms with Gasteiger partial charge in [-0.1, -0.05) is 0 Å². The summed E-state index contributed by atoms with van der Waals surface area (Å²) >= 11 is 0. The molecule has 78 valence electrons. The van der Waals surface area contributed by atoms with Crippen molar-refractivity contribution < 1.29 is 0 Å². The van der Waals surface area contributed by atoms with Gasteiger partial charge in [0.1, 0.15) is 0 Å². The van der Waals surface area contributed by atoms with Crippen molar-refractivity contribution in [3.8, 4) is 6.07 Å². The molecule has 0 saturated carbocycles. The smallest absolute Gasteiger partial charge is 0.0991 e. The minimum Gasteiger partial charge on any atom is -0.370 e. The molecule has 1 fully saturated rings. The van der Waals surface area contributed by atoms with E-state index in [0.29, 0.717) is 5.56 Å². The van der Waals surface area contributed by atoms with E-state index in [2.05, 4.69) is 11.0 Å². The van der Waals surface area contributed by atoms with E-state index in [-0.39, 0.29) is 6.04 Å². The highest BCUT2D eigenvalue weighted by Crippen LogP contribution is 2.19. The van der Waals surface area contributed by atoms with Crippen LogP contribution in [0, 0.1) is 11.3 Å². The molecular formula is C12H15N3. The summed E-state index contributed by atoms with van der Waals surface area (Å²) in [6.07, 6.45) is 2.27. The maximum Gasteiger partial charge on any atom is 0.0991 e. The van der Waals surface area contributed by atoms with Crippen LogP contribution >= 0.6 is 0 Å². The normalized spacial score (nSPS) is 21.1. The van der Waals surface area contributed by atoms with Crippen molar-refractivity contribution >= 4 is 5.69 Å². The molecule has 1 saturated heterocycles. The summed E-state index contributed by atoms with van der Waals surface area (Å²) in [7, 11) is 0. The first-order chi connectivity index (χ1) is 7.29. The third kappa shape index (κ3) is 2.28. The Morgan fingerprint density at radius 3 is 2.67 bits per heavy atom. The van der Waals surface area contributed by atoms with Crippen LogP contribution in [0.15, 0.2) is 24.3 Å². The lowest BCUT2D eigenvalue weighted by atomic mass is 10.1. The molecule has 1 aromatic carbocycles. The molecule has 1 aliphatic heterocycles. The second kappa shape index (κ2) is 4.33. The van der Waals surface area contributed by atoms with Gasteiger partial charge < -0.3 is 10.6 Å². The van der Waals surface area contributed by atoms with Gasteiger partial charge in [-0.3, -0.25) is 0 Å². The van der Waals surface area contributed by atoms with Crippen molar-refractivity contribution in [1.82, 2.24) is 0 Å². The number of rotatable bonds is 1. The first-order valence-corrected chi connectivity index (χ1v) is 5.30. The van der Waals surface area contributed by atoms with Gasteiger partial charge >= 0.3 is 0 Å². The molecule has 2 N–H and O–H groups in total. The van der Waals surface area contributed by atoms with Gasteiger partial charge in [0, 0.05) is 24.8 Å². The molecule has 0 aliphatic carbocycles. The highest BCUT2D eigenvalue weighted by molar-refractivity contribution is 5.50. The van der Waals surface area contributed by atoms with E-state index < -0.39 is 0 Å². The SMILES string of the molecule is N#Cc1ccc(N2CCC[C@@H](N)C2)cc1. The number of hydrogen-bond donors (Lipinski definition) is 1. The predicted octanol–water partition coefficient (Wildman–Crippen LogP) is 1.49. The molecule has 1 atom stereocenters. The van der Waals surface area contributed by atoms with Gasteiger partial charge in [0.2, 0.25) is 0 Å². The van der Waals surface area contributed by atoms with Crippen LogP contribution in [-0.2, 0) is 0 Å². The van der Waals surface area contributed by atoms with Crippen molar-refractivity contribution in [1.29, 1.82) is 5.26 Å². The number of nitrogens with two attached hydrogens (primary N) is 1. The fraction of sp³-hybridized carbons (Fsp3) is 0.417. The Kier molecular flexibility index (Phi) is 2.89. The standard InChI is InChI=1S/C12H15N3/c13-8-10-3-5-12(6-4-10)15-7-1-2-11(14)9-15/h3-6,11H,1-2,7,9,14H2/t11-/m1/s1. The van der Waals surface area contributed by atoms with E-state index in [1.165, 1.54) is 5.69 Å². The Balaban J connectivity index is 2.12. The quantitative estimate of drug-likeness (QED) is 0.749. The number of benzene rings is 1. The lowest BCUT2D eigenvalue weighted by Crippen LogP contribution is -2.42. The van der Waals surface area contributed by atoms with Crippen LogP contribution < -0.4 is 10.6 Å². The van der Waals surface area contributed by atoms with Crippen molar-refractivity contribution in [2.75, 3.05) is 18.0 Å². The average Bonchev–Trinajstić information content (AvgIpc) is 2.29. The second-order valence-corrected chi connectivity index (χ2v) is 4.01. The van der Waals surface area contributed by atoms with Crippen molar-refractivity contribution in [3.05, 3.63) is 29.8 Å². The monoisotopic (exact) mass is 201 g/mol. The number of anilines is 1. The van der Waals surface area contributed by atoms with Crippen LogP contribution in [0.1, 0.15) is 18.4 Å². The maximum absolute atomic E-state index is 8.70. The van der Waals surface area contributed by atoms with Crippen LogP contribution in [-0.4, -0.2) is 19.1 Å². The summed E-state index contributed by atoms with van der Waals surface area (Å²) in [5.41, 5.74) is 7.80. The zero-order valence-electron chi connectivity index (χ0n) is 8.69. The predicted molar refractivity (Wildman–Crippen MR) is 60.6 cm³/mol. The zero-order chi connectivity index (χ0) is 10.7. The molecule has 1 heterocycles. The number of nitrogens with zero attached hydrogens (tertiary/aromatic N) is 2. The minimum atomic E-state index is 0.286. The van der Waals surface area contributed by atoms with Crippen molar-refractivity contribution in [2.24, 2.45) is 5.73 Å². The molecule has 3 nitrogen and oxygen atoms in total. The molecule has 0 radical (unpaired) electrons. The molecule has 0 amide bonds. The Morgan fingerprint density at radius 1 is 1.33 bits per heavy atom. The third-order valence-electron chi connectivity index (χ3n) is 2.82. The van der Waals surface area contributed by atoms with Gasteiger partial charge in [-0.25, -0.2) is 0 Å². The highest BCUT2D eigenvalue weighted by Gasteiger charge is 2.16. The summed E-state index contributed by atoms with van der Waals surface area (Å²) in [5.74, 6) is 0. The summed E-state index contributed by atoms with van der Waals surface area (Å²) in [5, 5.41) is 8.70. The van der Waals surface area contributed by atoms with Gasteiger partial charge in [-0.15, -0.1) is 0 Å². The molecule has 1 aliphatic rings. The van der Waals surface area contributed by atoms with E-state index in [1.807, 2.05) is 24.3 Å². The number of hydrogen-bond acceptors (Lipinski definition) is 3. The van der Waals surface area contributed by atoms with E-state index >= 15 is 0 Å². The number of nitriles is 1. The molecule has 2 rings (SSSR count). The second-order valence-electron chi connectivity index (χ2n) is 4.01. The Labute approximate surface area is 90.1 Å². The largest absolute Gasteiger partial charge is 0.370 e. The minimum absolute atomic E-state index is 0.286. The first-order valence-electron chi connectivity index (χ1n) is 5.30. The Morgan fingerprint density at radius 2 is 2.07 bits per heavy atom. The summed E-state index contributed by atoms with van der Waals surface area (Å²) in [6.45, 7) is 1.99. The molecule has 0 spiro atoms. The van der Waals surface area contributed by atoms with Gasteiger partial charge in [0.05, 0.1) is 11.6 Å². The molecule has 15 heavy (non-hydrogen) atoms. The molecule has 3 heteroatoms. The zero-order valence-corrected chi connectivity index (χ0v) is 8.69. The van der Waals surface area contributed by atoms with E-state index in [9.17, 15) is 0 Å². The van der Waals surface area contributed by atoms with Crippen LogP contribution in [0.25, 0.3) is 0 Å². The van der Waals surface area contributed by atoms with Gasteiger partial charge in [0.15, 0.2) is 0 Å². The topological polar surface area (TPSA) is 53.0 Å². The third-order valence-corrected chi connectivity index (χ3v) is 2.82. The Hall–Kier alpha value is -1.53. The van der Waals surface area contributed by atoms with Crippen molar-refractivity contribution in [2.45, 2.75) is 18.9 Å². The summed E-state index contributed by atoms with van der Waals surface area (Å²) in [4.78, 5) is 2.29. The Bertz CT molecular complexity index is 363. The van der Waals surface area contributed by atoms with Gasteiger partial charge in [-0.2, -0.15) is 5.26 Å². The van der Waals surface area contributed by atoms with Crippen LogP contribution in [0.3, 0.4) is 0 Å². The van der Waals surface area contributed by atoms with Crippen LogP contribution in [0.4, 0.5) is 5.69 Å². The van der Waals surface area contributed by atoms with Crippen LogP contribution in [0.5, 0.6) is 0 Å². The molecule has 1 aromatic rings. The fourth-order valence-corrected chi connectivity index (χ4v) is 1.99. The maximum atomic E-state index is 8.70.